The highest BCUT2D eigenvalue weighted by atomic mass is 32.2. The molecule has 0 saturated heterocycles. The first-order chi connectivity index (χ1) is 9.04. The van der Waals surface area contributed by atoms with Gasteiger partial charge in [-0.1, -0.05) is 31.5 Å². The van der Waals surface area contributed by atoms with Crippen LogP contribution in [0.2, 0.25) is 0 Å². The van der Waals surface area contributed by atoms with Gasteiger partial charge in [0.2, 0.25) is 0 Å². The van der Waals surface area contributed by atoms with E-state index >= 15 is 0 Å². The summed E-state index contributed by atoms with van der Waals surface area (Å²) in [6, 6.07) is 7.75. The van der Waals surface area contributed by atoms with Gasteiger partial charge in [-0.05, 0) is 56.1 Å². The van der Waals surface area contributed by atoms with Gasteiger partial charge in [0, 0.05) is 6.21 Å². The number of aryl methyl sites for hydroxylation is 1. The molecule has 104 valence electrons. The summed E-state index contributed by atoms with van der Waals surface area (Å²) in [5.74, 6) is 2.01. The summed E-state index contributed by atoms with van der Waals surface area (Å²) in [4.78, 5) is 0.791. The van der Waals surface area contributed by atoms with Crippen molar-refractivity contribution in [2.24, 2.45) is 22.2 Å². The second-order valence-electron chi connectivity index (χ2n) is 5.99. The number of hydrogen-bond acceptors (Lipinski definition) is 1. The lowest BCUT2D eigenvalue weighted by atomic mass is 9.77. The van der Waals surface area contributed by atoms with Crippen molar-refractivity contribution >= 4 is 17.2 Å². The van der Waals surface area contributed by atoms with Crippen molar-refractivity contribution < 1.29 is 4.21 Å². The smallest absolute Gasteiger partial charge is 0.172 e. The molecule has 0 amide bonds. The van der Waals surface area contributed by atoms with Gasteiger partial charge in [-0.15, -0.1) is 0 Å². The van der Waals surface area contributed by atoms with Crippen LogP contribution in [0.5, 0.6) is 0 Å². The Kier molecular flexibility index (Phi) is 4.92. The molecule has 3 heteroatoms. The lowest BCUT2D eigenvalue weighted by Gasteiger charge is -2.28. The highest BCUT2D eigenvalue weighted by Gasteiger charge is 2.22. The minimum Gasteiger partial charge on any atom is -0.230 e. The highest BCUT2D eigenvalue weighted by molar-refractivity contribution is 7.83. The molecule has 0 radical (unpaired) electrons. The average Bonchev–Trinajstić information content (AvgIpc) is 2.36. The van der Waals surface area contributed by atoms with E-state index in [4.69, 9.17) is 0 Å². The standard InChI is InChI=1S/C16H23NOS/c1-12-4-6-16(7-5-12)19(18)17-11-15-9-13(2)8-14(3)10-15/h4-7,11,13-15H,8-10H2,1-3H3/t13-,14+,15?,19?. The van der Waals surface area contributed by atoms with Gasteiger partial charge in [-0.25, -0.2) is 4.21 Å². The van der Waals surface area contributed by atoms with E-state index in [-0.39, 0.29) is 0 Å². The van der Waals surface area contributed by atoms with E-state index < -0.39 is 11.0 Å². The van der Waals surface area contributed by atoms with Crippen LogP contribution in [0.4, 0.5) is 0 Å². The predicted molar refractivity (Wildman–Crippen MR) is 81.7 cm³/mol. The molecule has 1 aliphatic rings. The Morgan fingerprint density at radius 1 is 1.11 bits per heavy atom. The Balaban J connectivity index is 1.98. The molecule has 1 aromatic rings. The van der Waals surface area contributed by atoms with Crippen molar-refractivity contribution in [2.75, 3.05) is 0 Å². The van der Waals surface area contributed by atoms with Gasteiger partial charge < -0.3 is 0 Å². The molecule has 0 N–H and O–H groups in total. The Labute approximate surface area is 118 Å². The SMILES string of the molecule is Cc1ccc(S(=O)N=CC2C[C@@H](C)C[C@@H](C)C2)cc1. The van der Waals surface area contributed by atoms with Crippen LogP contribution < -0.4 is 0 Å². The molecule has 0 aliphatic heterocycles. The maximum Gasteiger partial charge on any atom is 0.172 e. The molecule has 2 nitrogen and oxygen atoms in total. The molecule has 0 spiro atoms. The van der Waals surface area contributed by atoms with Crippen LogP contribution in [-0.2, 0) is 11.0 Å². The molecular formula is C16H23NOS. The van der Waals surface area contributed by atoms with Crippen LogP contribution in [0.1, 0.15) is 38.7 Å². The third-order valence-corrected chi connectivity index (χ3v) is 4.79. The molecule has 1 fully saturated rings. The Morgan fingerprint density at radius 2 is 1.68 bits per heavy atom. The first-order valence-electron chi connectivity index (χ1n) is 7.07. The second-order valence-corrected chi connectivity index (χ2v) is 7.17. The van der Waals surface area contributed by atoms with Crippen molar-refractivity contribution in [3.63, 3.8) is 0 Å². The molecule has 19 heavy (non-hydrogen) atoms. The first-order valence-corrected chi connectivity index (χ1v) is 8.18. The van der Waals surface area contributed by atoms with Crippen LogP contribution >= 0.6 is 0 Å². The molecule has 2 rings (SSSR count). The highest BCUT2D eigenvalue weighted by Crippen LogP contribution is 2.31. The molecule has 0 heterocycles. The molecular weight excluding hydrogens is 254 g/mol. The number of nitrogens with zero attached hydrogens (tertiary/aromatic N) is 1. The zero-order valence-corrected chi connectivity index (χ0v) is 12.8. The van der Waals surface area contributed by atoms with Gasteiger partial charge in [0.25, 0.3) is 0 Å². The van der Waals surface area contributed by atoms with Crippen LogP contribution in [0.3, 0.4) is 0 Å². The summed E-state index contributed by atoms with van der Waals surface area (Å²) in [6.07, 6.45) is 5.60. The second kappa shape index (κ2) is 6.47. The van der Waals surface area contributed by atoms with Crippen molar-refractivity contribution in [2.45, 2.75) is 44.9 Å². The Hall–Kier alpha value is -0.960. The van der Waals surface area contributed by atoms with Gasteiger partial charge in [-0.2, -0.15) is 4.40 Å². The fourth-order valence-corrected chi connectivity index (χ4v) is 3.76. The van der Waals surface area contributed by atoms with Crippen LogP contribution in [0, 0.1) is 24.7 Å². The van der Waals surface area contributed by atoms with Crippen molar-refractivity contribution in [3.05, 3.63) is 29.8 Å². The normalized spacial score (nSPS) is 29.5. The molecule has 1 aromatic carbocycles. The molecule has 0 aromatic heterocycles. The van der Waals surface area contributed by atoms with E-state index in [1.165, 1.54) is 24.8 Å². The van der Waals surface area contributed by atoms with E-state index in [9.17, 15) is 4.21 Å². The lowest BCUT2D eigenvalue weighted by Crippen LogP contribution is -2.20. The predicted octanol–water partition coefficient (Wildman–Crippen LogP) is 4.16. The summed E-state index contributed by atoms with van der Waals surface area (Å²) < 4.78 is 16.3. The number of hydrogen-bond donors (Lipinski definition) is 0. The number of benzene rings is 1. The van der Waals surface area contributed by atoms with E-state index in [0.29, 0.717) is 5.92 Å². The summed E-state index contributed by atoms with van der Waals surface area (Å²) in [7, 11) is -1.25. The molecule has 4 atom stereocenters. The summed E-state index contributed by atoms with van der Waals surface area (Å²) in [5, 5.41) is 0. The van der Waals surface area contributed by atoms with Gasteiger partial charge in [0.15, 0.2) is 11.0 Å². The number of rotatable bonds is 3. The lowest BCUT2D eigenvalue weighted by molar-refractivity contribution is 0.267. The Morgan fingerprint density at radius 3 is 2.26 bits per heavy atom. The first kappa shape index (κ1) is 14.4. The van der Waals surface area contributed by atoms with Crippen molar-refractivity contribution in [3.8, 4) is 0 Å². The van der Waals surface area contributed by atoms with Crippen molar-refractivity contribution in [1.82, 2.24) is 0 Å². The van der Waals surface area contributed by atoms with Gasteiger partial charge in [0.1, 0.15) is 0 Å². The maximum atomic E-state index is 12.1. The van der Waals surface area contributed by atoms with Crippen LogP contribution in [0.25, 0.3) is 0 Å². The van der Waals surface area contributed by atoms with E-state index in [0.717, 1.165) is 16.7 Å². The third kappa shape index (κ3) is 4.27. The summed E-state index contributed by atoms with van der Waals surface area (Å²) >= 11 is 0. The zero-order chi connectivity index (χ0) is 13.8. The molecule has 0 bridgehead atoms. The molecule has 2 unspecified atom stereocenters. The minimum absolute atomic E-state index is 0.494. The van der Waals surface area contributed by atoms with Crippen LogP contribution in [0.15, 0.2) is 33.6 Å². The zero-order valence-electron chi connectivity index (χ0n) is 12.0. The quantitative estimate of drug-likeness (QED) is 0.763. The summed E-state index contributed by atoms with van der Waals surface area (Å²) in [6.45, 7) is 6.63. The largest absolute Gasteiger partial charge is 0.230 e. The van der Waals surface area contributed by atoms with Crippen LogP contribution in [-0.4, -0.2) is 10.4 Å². The van der Waals surface area contributed by atoms with Gasteiger partial charge in [-0.3, -0.25) is 0 Å². The van der Waals surface area contributed by atoms with Crippen molar-refractivity contribution in [1.29, 1.82) is 0 Å². The molecule has 1 saturated carbocycles. The van der Waals surface area contributed by atoms with E-state index in [1.807, 2.05) is 37.4 Å². The van der Waals surface area contributed by atoms with E-state index in [2.05, 4.69) is 18.2 Å². The summed E-state index contributed by atoms with van der Waals surface area (Å²) in [5.41, 5.74) is 1.18. The van der Waals surface area contributed by atoms with Gasteiger partial charge >= 0.3 is 0 Å². The third-order valence-electron chi connectivity index (χ3n) is 3.81. The monoisotopic (exact) mass is 277 g/mol. The Bertz CT molecular complexity index is 456. The fraction of sp³-hybridized carbons (Fsp3) is 0.562. The van der Waals surface area contributed by atoms with E-state index in [1.54, 1.807) is 0 Å². The maximum absolute atomic E-state index is 12.1. The fourth-order valence-electron chi connectivity index (χ4n) is 2.99. The topological polar surface area (TPSA) is 29.4 Å². The molecule has 1 aliphatic carbocycles. The van der Waals surface area contributed by atoms with Gasteiger partial charge in [0.05, 0.1) is 4.90 Å². The minimum atomic E-state index is -1.25. The average molecular weight is 277 g/mol.